The number of aryl methyl sites for hydroxylation is 2. The fourth-order valence-electron chi connectivity index (χ4n) is 2.80. The number of para-hydroxylation sites is 1. The monoisotopic (exact) mass is 444 g/mol. The molecule has 0 aliphatic carbocycles. The number of benzene rings is 2. The summed E-state index contributed by atoms with van der Waals surface area (Å²) in [5.74, 6) is -0.300. The van der Waals surface area contributed by atoms with E-state index >= 15 is 0 Å². The van der Waals surface area contributed by atoms with Gasteiger partial charge in [0.2, 0.25) is 5.91 Å². The predicted molar refractivity (Wildman–Crippen MR) is 119 cm³/mol. The van der Waals surface area contributed by atoms with Crippen LogP contribution in [-0.4, -0.2) is 24.1 Å². The Morgan fingerprint density at radius 3 is 2.37 bits per heavy atom. The van der Waals surface area contributed by atoms with E-state index in [2.05, 4.69) is 15.1 Å². The molecule has 0 bridgehead atoms. The summed E-state index contributed by atoms with van der Waals surface area (Å²) >= 11 is 6.01. The number of halogens is 1. The Labute approximate surface area is 180 Å². The van der Waals surface area contributed by atoms with Gasteiger partial charge in [0.25, 0.3) is 10.0 Å². The van der Waals surface area contributed by atoms with Crippen LogP contribution in [0.3, 0.4) is 0 Å². The third-order valence-corrected chi connectivity index (χ3v) is 6.20. The molecule has 30 heavy (non-hydrogen) atoms. The van der Waals surface area contributed by atoms with Crippen LogP contribution in [0.2, 0.25) is 5.02 Å². The van der Waals surface area contributed by atoms with E-state index in [-0.39, 0.29) is 10.8 Å². The van der Waals surface area contributed by atoms with Gasteiger partial charge in [0.15, 0.2) is 0 Å². The standard InChI is InChI=1S/C21H21ClN4O3S/c1-14-21(15(2)26(3)24-14)23-20(27)13-10-16-8-11-17(12-9-16)30(28,29)25-19-7-5-4-6-18(19)22/h4-13,25H,1-3H3,(H,23,27)/b13-10+. The number of hydrogen-bond donors (Lipinski definition) is 2. The van der Waals surface area contributed by atoms with E-state index in [1.165, 1.54) is 18.2 Å². The quantitative estimate of drug-likeness (QED) is 0.558. The van der Waals surface area contributed by atoms with Crippen LogP contribution >= 0.6 is 11.6 Å². The van der Waals surface area contributed by atoms with Crippen LogP contribution in [0.1, 0.15) is 17.0 Å². The van der Waals surface area contributed by atoms with Crippen LogP contribution in [0.4, 0.5) is 11.4 Å². The lowest BCUT2D eigenvalue weighted by Crippen LogP contribution is -2.13. The largest absolute Gasteiger partial charge is 0.319 e. The summed E-state index contributed by atoms with van der Waals surface area (Å²) in [5.41, 5.74) is 3.26. The molecule has 0 saturated carbocycles. The second-order valence-corrected chi connectivity index (χ2v) is 8.74. The molecular weight excluding hydrogens is 424 g/mol. The van der Waals surface area contributed by atoms with Gasteiger partial charge in [-0.2, -0.15) is 5.10 Å². The maximum absolute atomic E-state index is 12.5. The number of sulfonamides is 1. The Morgan fingerprint density at radius 2 is 1.77 bits per heavy atom. The smallest absolute Gasteiger partial charge is 0.261 e. The molecule has 3 aromatic rings. The number of carbonyl (C=O) groups is 1. The van der Waals surface area contributed by atoms with Crippen molar-refractivity contribution in [1.29, 1.82) is 0 Å². The molecule has 0 fully saturated rings. The van der Waals surface area contributed by atoms with Crippen LogP contribution in [0.5, 0.6) is 0 Å². The third-order valence-electron chi connectivity index (χ3n) is 4.49. The first-order valence-electron chi connectivity index (χ1n) is 9.04. The molecule has 1 amide bonds. The fraction of sp³-hybridized carbons (Fsp3) is 0.143. The van der Waals surface area contributed by atoms with Gasteiger partial charge >= 0.3 is 0 Å². The molecule has 2 aromatic carbocycles. The summed E-state index contributed by atoms with van der Waals surface area (Å²) in [5, 5.41) is 7.38. The number of anilines is 2. The zero-order valence-electron chi connectivity index (χ0n) is 16.7. The van der Waals surface area contributed by atoms with Crippen molar-refractivity contribution in [3.8, 4) is 0 Å². The number of rotatable bonds is 6. The Bertz CT molecular complexity index is 1220. The highest BCUT2D eigenvalue weighted by atomic mass is 35.5. The second kappa shape index (κ2) is 8.73. The number of hydrogen-bond acceptors (Lipinski definition) is 4. The summed E-state index contributed by atoms with van der Waals surface area (Å²) < 4.78 is 29.2. The molecule has 0 radical (unpaired) electrons. The number of nitrogens with one attached hydrogen (secondary N) is 2. The lowest BCUT2D eigenvalue weighted by atomic mass is 10.2. The summed E-state index contributed by atoms with van der Waals surface area (Å²) in [4.78, 5) is 12.3. The molecule has 3 rings (SSSR count). The zero-order chi connectivity index (χ0) is 21.9. The van der Waals surface area contributed by atoms with Crippen molar-refractivity contribution < 1.29 is 13.2 Å². The summed E-state index contributed by atoms with van der Waals surface area (Å²) in [6, 6.07) is 12.8. The van der Waals surface area contributed by atoms with Gasteiger partial charge in [0.1, 0.15) is 0 Å². The van der Waals surface area contributed by atoms with Gasteiger partial charge in [-0.25, -0.2) is 8.42 Å². The average molecular weight is 445 g/mol. The van der Waals surface area contributed by atoms with E-state index in [9.17, 15) is 13.2 Å². The highest BCUT2D eigenvalue weighted by Gasteiger charge is 2.15. The summed E-state index contributed by atoms with van der Waals surface area (Å²) in [6.07, 6.45) is 2.99. The van der Waals surface area contributed by atoms with Crippen molar-refractivity contribution in [1.82, 2.24) is 9.78 Å². The molecule has 9 heteroatoms. The van der Waals surface area contributed by atoms with Gasteiger partial charge in [-0.1, -0.05) is 35.9 Å². The number of amides is 1. The second-order valence-electron chi connectivity index (χ2n) is 6.65. The molecule has 156 valence electrons. The van der Waals surface area contributed by atoms with Gasteiger partial charge in [-0.15, -0.1) is 0 Å². The number of nitrogens with zero attached hydrogens (tertiary/aromatic N) is 2. The van der Waals surface area contributed by atoms with Crippen molar-refractivity contribution in [2.45, 2.75) is 18.7 Å². The fourth-order valence-corrected chi connectivity index (χ4v) is 4.12. The molecule has 0 atom stereocenters. The Morgan fingerprint density at radius 1 is 1.10 bits per heavy atom. The van der Waals surface area contributed by atoms with E-state index in [0.717, 1.165) is 11.4 Å². The lowest BCUT2D eigenvalue weighted by Gasteiger charge is -2.09. The van der Waals surface area contributed by atoms with Crippen molar-refractivity contribution in [2.75, 3.05) is 10.0 Å². The minimum atomic E-state index is -3.78. The Hall–Kier alpha value is -3.10. The maximum atomic E-state index is 12.5. The molecule has 0 aliphatic heterocycles. The van der Waals surface area contributed by atoms with Crippen LogP contribution in [-0.2, 0) is 21.9 Å². The van der Waals surface area contributed by atoms with E-state index in [1.54, 1.807) is 47.2 Å². The molecule has 0 aliphatic rings. The molecular formula is C21H21ClN4O3S. The maximum Gasteiger partial charge on any atom is 0.261 e. The summed E-state index contributed by atoms with van der Waals surface area (Å²) in [7, 11) is -1.97. The molecule has 1 heterocycles. The normalized spacial score (nSPS) is 11.6. The van der Waals surface area contributed by atoms with Crippen molar-refractivity contribution in [3.63, 3.8) is 0 Å². The van der Waals surface area contributed by atoms with Crippen LogP contribution in [0, 0.1) is 13.8 Å². The molecule has 0 unspecified atom stereocenters. The van der Waals surface area contributed by atoms with Gasteiger partial charge < -0.3 is 5.32 Å². The molecule has 1 aromatic heterocycles. The minimum Gasteiger partial charge on any atom is -0.319 e. The first kappa shape index (κ1) is 21.6. The predicted octanol–water partition coefficient (Wildman–Crippen LogP) is 4.14. The van der Waals surface area contributed by atoms with E-state index in [0.29, 0.717) is 22.0 Å². The first-order valence-corrected chi connectivity index (χ1v) is 10.9. The highest BCUT2D eigenvalue weighted by molar-refractivity contribution is 7.92. The van der Waals surface area contributed by atoms with Crippen molar-refractivity contribution in [2.24, 2.45) is 7.05 Å². The summed E-state index contributed by atoms with van der Waals surface area (Å²) in [6.45, 7) is 3.69. The van der Waals surface area contributed by atoms with Gasteiger partial charge in [-0.3, -0.25) is 14.2 Å². The first-order chi connectivity index (χ1) is 14.2. The highest BCUT2D eigenvalue weighted by Crippen LogP contribution is 2.24. The van der Waals surface area contributed by atoms with Crippen LogP contribution < -0.4 is 10.0 Å². The van der Waals surface area contributed by atoms with Gasteiger partial charge in [0, 0.05) is 13.1 Å². The van der Waals surface area contributed by atoms with E-state index in [4.69, 9.17) is 11.6 Å². The average Bonchev–Trinajstić information content (AvgIpc) is 2.94. The molecule has 0 saturated heterocycles. The van der Waals surface area contributed by atoms with E-state index < -0.39 is 10.0 Å². The topological polar surface area (TPSA) is 93.1 Å². The zero-order valence-corrected chi connectivity index (χ0v) is 18.3. The Balaban J connectivity index is 1.69. The van der Waals surface area contributed by atoms with Crippen LogP contribution in [0.15, 0.2) is 59.5 Å². The third kappa shape index (κ3) is 4.90. The van der Waals surface area contributed by atoms with Crippen molar-refractivity contribution in [3.05, 3.63) is 76.6 Å². The lowest BCUT2D eigenvalue weighted by molar-refractivity contribution is -0.111. The van der Waals surface area contributed by atoms with Gasteiger partial charge in [-0.05, 0) is 49.8 Å². The van der Waals surface area contributed by atoms with Crippen LogP contribution in [0.25, 0.3) is 6.08 Å². The molecule has 2 N–H and O–H groups in total. The number of aromatic nitrogens is 2. The Kier molecular flexibility index (Phi) is 6.28. The number of carbonyl (C=O) groups excluding carboxylic acids is 1. The SMILES string of the molecule is Cc1nn(C)c(C)c1NC(=O)/C=C/c1ccc(S(=O)(=O)Nc2ccccc2Cl)cc1. The van der Waals surface area contributed by atoms with Crippen molar-refractivity contribution >= 4 is 45.0 Å². The van der Waals surface area contributed by atoms with E-state index in [1.807, 2.05) is 20.9 Å². The molecule has 7 nitrogen and oxygen atoms in total. The minimum absolute atomic E-state index is 0.0885. The van der Waals surface area contributed by atoms with Gasteiger partial charge in [0.05, 0.1) is 32.7 Å². The molecule has 0 spiro atoms.